The molecule has 24 nitrogen and oxygen atoms in total. The molecule has 0 rings (SSSR count). The maximum atomic E-state index is 10.2. The maximum absolute atomic E-state index is 10.2. The van der Waals surface area contributed by atoms with E-state index in [1.54, 1.807) is 0 Å². The first-order valence-corrected chi connectivity index (χ1v) is 12.5. The predicted octanol–water partition coefficient (Wildman–Crippen LogP) is -13.6. The van der Waals surface area contributed by atoms with Crippen LogP contribution in [0.5, 0.6) is 0 Å². The molecule has 0 bridgehead atoms. The molecule has 0 aliphatic rings. The molecule has 0 aliphatic heterocycles. The van der Waals surface area contributed by atoms with E-state index in [0.29, 0.717) is 0 Å². The van der Waals surface area contributed by atoms with Crippen molar-refractivity contribution in [3.05, 3.63) is 0 Å². The summed E-state index contributed by atoms with van der Waals surface area (Å²) in [6.45, 7) is 0. The van der Waals surface area contributed by atoms with Crippen molar-refractivity contribution in [2.75, 3.05) is 0 Å². The van der Waals surface area contributed by atoms with Crippen LogP contribution in [-0.2, 0) is 104 Å². The Morgan fingerprint density at radius 1 is 0.439 bits per heavy atom. The molecule has 6 N–H and O–H groups in total. The summed E-state index contributed by atoms with van der Waals surface area (Å²) >= 11 is 0. The van der Waals surface area contributed by atoms with E-state index in [-0.39, 0.29) is 44.8 Å². The van der Waals surface area contributed by atoms with Gasteiger partial charge >= 0.3 is 75.1 Å². The molecule has 0 aromatic carbocycles. The van der Waals surface area contributed by atoms with Gasteiger partial charge in [-0.2, -0.15) is 25.3 Å². The van der Waals surface area contributed by atoms with Gasteiger partial charge in [0, 0.05) is 37.2 Å². The van der Waals surface area contributed by atoms with Crippen LogP contribution in [0, 0.1) is 0 Å². The van der Waals surface area contributed by atoms with Gasteiger partial charge in [-0.15, -0.1) is 0 Å². The van der Waals surface area contributed by atoms with E-state index >= 15 is 0 Å². The van der Waals surface area contributed by atoms with Gasteiger partial charge in [0.25, 0.3) is 0 Å². The quantitative estimate of drug-likeness (QED) is 0.0781. The molecule has 0 aromatic heterocycles. The second kappa shape index (κ2) is 17.1. The second-order valence-electron chi connectivity index (χ2n) is 6.29. The van der Waals surface area contributed by atoms with Crippen LogP contribution < -0.4 is 30.6 Å². The number of aliphatic carboxylic acids is 6. The van der Waals surface area contributed by atoms with E-state index < -0.39 is 100 Å². The summed E-state index contributed by atoms with van der Waals surface area (Å²) in [4.78, 5) is 47.9. The van der Waals surface area contributed by atoms with E-state index in [1.165, 1.54) is 0 Å². The van der Waals surface area contributed by atoms with Crippen LogP contribution in [0.2, 0.25) is 0 Å². The Balaban J connectivity index is -0.000000154. The zero-order valence-electron chi connectivity index (χ0n) is 18.5. The molecule has 0 spiro atoms. The van der Waals surface area contributed by atoms with E-state index in [9.17, 15) is 84.7 Å². The van der Waals surface area contributed by atoms with Crippen molar-refractivity contribution in [1.29, 1.82) is 0 Å². The Morgan fingerprint density at radius 3 is 0.585 bits per heavy atom. The van der Waals surface area contributed by atoms with Crippen molar-refractivity contribution >= 4 is 66.2 Å². The summed E-state index contributed by atoms with van der Waals surface area (Å²) in [5.41, 5.74) is 0. The molecule has 0 heterocycles. The van der Waals surface area contributed by atoms with Crippen LogP contribution in [0.3, 0.4) is 0 Å². The third-order valence-corrected chi connectivity index (χ3v) is 6.88. The van der Waals surface area contributed by atoms with Gasteiger partial charge in [0.1, 0.15) is 0 Å². The van der Waals surface area contributed by atoms with E-state index in [4.69, 9.17) is 29.0 Å². The molecular weight excluding hydrogens is 1020 g/mol. The maximum Gasteiger partial charge on any atom is 3.00 e. The monoisotopic (exact) mass is 1030 g/mol. The predicted molar refractivity (Wildman–Crippen MR) is 93.4 cm³/mol. The number of hydrogen-bond acceptors (Lipinski definition) is 21. The molecule has 0 aliphatic carbocycles. The number of hydrogen-bond donors (Lipinski definition) is 6. The average molecular weight is 1030 g/mol. The van der Waals surface area contributed by atoms with Crippen LogP contribution >= 0.6 is 0 Å². The number of carbonyl (C=O) groups is 6. The topological polar surface area (TPSA) is 465 Å². The largest absolute Gasteiger partial charge is 3.00 e. The van der Waals surface area contributed by atoms with Gasteiger partial charge in [0.05, 0.1) is 17.9 Å². The van der Waals surface area contributed by atoms with Gasteiger partial charge in [-0.1, -0.05) is 0 Å². The van der Waals surface area contributed by atoms with Crippen LogP contribution in [0.25, 0.3) is 0 Å². The van der Waals surface area contributed by atoms with Crippen LogP contribution in [0.15, 0.2) is 0 Å². The van der Waals surface area contributed by atoms with Crippen LogP contribution in [0.1, 0.15) is 19.3 Å². The zero-order chi connectivity index (χ0) is 32.6. The minimum Gasteiger partial charge on any atom is -0.550 e. The van der Waals surface area contributed by atoms with Gasteiger partial charge in [0.15, 0.2) is 0 Å². The summed E-state index contributed by atoms with van der Waals surface area (Å²) < 4.78 is 85.8. The third-order valence-electron chi connectivity index (χ3n) is 3.39. The average Bonchev–Trinajstić information content (AvgIpc) is 2.64. The summed E-state index contributed by atoms with van der Waals surface area (Å²) in [6, 6.07) is 0. The first-order valence-electron chi connectivity index (χ1n) is 8.15. The molecule has 41 heavy (non-hydrogen) atoms. The second-order valence-corrected chi connectivity index (χ2v) is 11.2. The fourth-order valence-corrected chi connectivity index (χ4v) is 2.93. The van der Waals surface area contributed by atoms with Crippen molar-refractivity contribution in [3.8, 4) is 0 Å². The molecule has 0 radical (unpaired) electrons. The molecule has 29 heteroatoms. The summed E-state index contributed by atoms with van der Waals surface area (Å²) in [6.07, 6.45) is -5.43. The number of rotatable bonds is 12. The number of aliphatic hydroxyl groups is 3. The Kier molecular flexibility index (Phi) is 20.3. The van der Waals surface area contributed by atoms with Crippen molar-refractivity contribution in [1.82, 2.24) is 0 Å². The van der Waals surface area contributed by atoms with E-state index in [1.807, 2.05) is 0 Å². The molecule has 0 aromatic rings. The van der Waals surface area contributed by atoms with Crippen molar-refractivity contribution in [2.24, 2.45) is 0 Å². The number of carboxylic acid groups (broad SMARTS) is 6. The standard InChI is InChI=1S/3C4H6O8S.2Au/c3*5-2(6)1-4(9,3(7)8)13(10,11)12;;/h3*9H,1H2,(H,5,6)(H,7,8)(H,10,11,12);;/q;;;2*+3/p-6. The molecule has 0 amide bonds. The Morgan fingerprint density at radius 2 is 0.561 bits per heavy atom. The van der Waals surface area contributed by atoms with Crippen molar-refractivity contribution < 1.29 is 158 Å². The molecular formula is C12H12Au2O24S3. The van der Waals surface area contributed by atoms with Gasteiger partial charge in [-0.3, -0.25) is 13.7 Å². The van der Waals surface area contributed by atoms with E-state index in [2.05, 4.69) is 0 Å². The molecule has 0 fully saturated rings. The minimum absolute atomic E-state index is 0. The Bertz CT molecular complexity index is 1160. The smallest absolute Gasteiger partial charge is 0.550 e. The van der Waals surface area contributed by atoms with Gasteiger partial charge in [-0.05, 0) is 0 Å². The summed E-state index contributed by atoms with van der Waals surface area (Å²) in [5, 5.41) is 85.5. The first-order chi connectivity index (χ1) is 16.8. The van der Waals surface area contributed by atoms with Crippen molar-refractivity contribution in [3.63, 3.8) is 0 Å². The summed E-state index contributed by atoms with van der Waals surface area (Å²) in [7, 11) is -16.5. The van der Waals surface area contributed by atoms with Crippen LogP contribution in [-0.4, -0.2) is 105 Å². The molecule has 3 unspecified atom stereocenters. The Hall–Kier alpha value is -2.09. The van der Waals surface area contributed by atoms with Gasteiger partial charge in [-0.25, -0.2) is 0 Å². The third kappa shape index (κ3) is 14.6. The minimum atomic E-state index is -5.49. The SMILES string of the molecule is O=C([O-])CC(O)(C(=O)[O-])S(=O)(=O)O.O=C([O-])CC(O)(C(=O)[O-])S(=O)(=O)O.O=C([O-])CC(O)(C(=O)[O-])S(=O)(=O)O.[Au+3].[Au+3]. The van der Waals surface area contributed by atoms with E-state index in [0.717, 1.165) is 0 Å². The van der Waals surface area contributed by atoms with Gasteiger partial charge in [0.2, 0.25) is 14.8 Å². The number of carboxylic acids is 6. The fourth-order valence-electron chi connectivity index (χ4n) is 1.39. The molecule has 0 saturated carbocycles. The number of carbonyl (C=O) groups excluding carboxylic acids is 6. The fraction of sp³-hybridized carbons (Fsp3) is 0.500. The Labute approximate surface area is 257 Å². The molecule has 0 saturated heterocycles. The zero-order valence-corrected chi connectivity index (χ0v) is 25.3. The van der Waals surface area contributed by atoms with Gasteiger partial charge < -0.3 is 74.7 Å². The molecule has 3 atom stereocenters. The molecule has 244 valence electrons. The normalized spacial score (nSPS) is 15.4. The first kappa shape index (κ1) is 48.6. The van der Waals surface area contributed by atoms with Crippen LogP contribution in [0.4, 0.5) is 0 Å². The van der Waals surface area contributed by atoms with Crippen molar-refractivity contribution in [2.45, 2.75) is 34.1 Å². The summed E-state index contributed by atoms with van der Waals surface area (Å²) in [5.74, 6) is -14.4.